The van der Waals surface area contributed by atoms with Gasteiger partial charge in [-0.2, -0.15) is 0 Å². The van der Waals surface area contributed by atoms with Gasteiger partial charge in [-0.05, 0) is 267 Å². The molecule has 0 aliphatic carbocycles. The molecule has 660 valence electrons. The third-order valence-electron chi connectivity index (χ3n) is 23.2. The molecule has 0 fully saturated rings. The highest BCUT2D eigenvalue weighted by atomic mass is 32.2. The summed E-state index contributed by atoms with van der Waals surface area (Å²) >= 11 is 31.9. The Kier molecular flexibility index (Phi) is 33.7. The van der Waals surface area contributed by atoms with Crippen LogP contribution in [0.4, 0.5) is 0 Å². The lowest BCUT2D eigenvalue weighted by atomic mass is 10.00. The van der Waals surface area contributed by atoms with E-state index in [1.807, 2.05) is 113 Å². The molecule has 125 heavy (non-hydrogen) atoms. The predicted octanol–water partition coefficient (Wildman–Crippen LogP) is 44.2. The Morgan fingerprint density at radius 2 is 0.360 bits per heavy atom. The maximum atomic E-state index is 2.63. The second kappa shape index (κ2) is 43.7. The van der Waals surface area contributed by atoms with Crippen molar-refractivity contribution in [3.05, 3.63) is 207 Å². The fourth-order valence-electron chi connectivity index (χ4n) is 16.4. The van der Waals surface area contributed by atoms with Gasteiger partial charge in [0.1, 0.15) is 0 Å². The fourth-order valence-corrected chi connectivity index (χ4v) is 35.2. The van der Waals surface area contributed by atoms with Crippen molar-refractivity contribution in [1.29, 1.82) is 0 Å². The van der Waals surface area contributed by atoms with Crippen molar-refractivity contribution in [3.8, 4) is 139 Å². The van der Waals surface area contributed by atoms with Gasteiger partial charge in [0.25, 0.3) is 0 Å². The van der Waals surface area contributed by atoms with Gasteiger partial charge in [-0.15, -0.1) is 181 Å². The van der Waals surface area contributed by atoms with Gasteiger partial charge in [-0.25, -0.2) is 0 Å². The van der Waals surface area contributed by atoms with Gasteiger partial charge in [0.15, 0.2) is 0 Å². The largest absolute Gasteiger partial charge is 0.139 e. The van der Waals surface area contributed by atoms with Crippen LogP contribution in [0, 0.1) is 0 Å². The van der Waals surface area contributed by atoms with E-state index in [9.17, 15) is 0 Å². The Morgan fingerprint density at radius 3 is 0.592 bits per heavy atom. The highest BCUT2D eigenvalue weighted by Gasteiger charge is 2.30. The summed E-state index contributed by atoms with van der Waals surface area (Å²) in [4.78, 5) is 45.4. The van der Waals surface area contributed by atoms with E-state index in [2.05, 4.69) is 352 Å². The van der Waals surface area contributed by atoms with Crippen LogP contribution in [-0.4, -0.2) is 0 Å². The summed E-state index contributed by atoms with van der Waals surface area (Å²) in [6, 6.07) is 58.1. The van der Waals surface area contributed by atoms with Crippen molar-refractivity contribution in [2.24, 2.45) is 0 Å². The molecule has 0 spiro atoms. The monoisotopic (exact) mass is 1950 g/mol. The molecule has 0 unspecified atom stereocenters. The number of unbranched alkanes of at least 4 members (excludes halogenated alkanes) is 8. The van der Waals surface area contributed by atoms with E-state index in [1.165, 1.54) is 262 Å². The molecule has 0 aromatic carbocycles. The molecule has 0 N–H and O–H groups in total. The third-order valence-corrected chi connectivity index (χ3v) is 45.8. The van der Waals surface area contributed by atoms with Gasteiger partial charge in [-0.1, -0.05) is 197 Å². The molecular weight excluding hydrogens is 1820 g/mol. The second-order valence-electron chi connectivity index (χ2n) is 35.9. The zero-order valence-corrected chi connectivity index (χ0v) is 89.4. The number of rotatable bonds is 38. The van der Waals surface area contributed by atoms with Crippen LogP contribution in [0.25, 0.3) is 139 Å². The van der Waals surface area contributed by atoms with Crippen LogP contribution >= 0.6 is 181 Å². The molecule has 0 amide bonds. The Hall–Kier alpha value is -4.80. The van der Waals surface area contributed by atoms with Crippen LogP contribution in [0.1, 0.15) is 332 Å². The van der Waals surface area contributed by atoms with Crippen LogP contribution in [0.3, 0.4) is 0 Å². The van der Waals surface area contributed by atoms with Gasteiger partial charge in [-0.3, -0.25) is 0 Å². The van der Waals surface area contributed by atoms with Crippen molar-refractivity contribution >= 4 is 181 Å². The van der Waals surface area contributed by atoms with E-state index in [-0.39, 0.29) is 7.43 Å². The zero-order valence-electron chi connectivity index (χ0n) is 76.3. The second-order valence-corrected chi connectivity index (χ2v) is 53.3. The first-order valence-electron chi connectivity index (χ1n) is 45.7. The van der Waals surface area contributed by atoms with E-state index in [4.69, 9.17) is 0 Å². The fraction of sp³-hybridized carbons (Fsp3) is 0.413. The highest BCUT2D eigenvalue weighted by molar-refractivity contribution is 7.33. The predicted molar refractivity (Wildman–Crippen MR) is 587 cm³/mol. The number of hydrogen-bond donors (Lipinski definition) is 0. The van der Waals surface area contributed by atoms with Crippen LogP contribution in [0.5, 0.6) is 0 Å². The lowest BCUT2D eigenvalue weighted by Gasteiger charge is -2.06. The highest BCUT2D eigenvalue weighted by Crippen LogP contribution is 2.59. The average molecular weight is 1950 g/mol. The molecule has 16 heterocycles. The lowest BCUT2D eigenvalue weighted by molar-refractivity contribution is 0.711. The summed E-state index contributed by atoms with van der Waals surface area (Å²) in [5, 5.41) is 0. The maximum absolute atomic E-state index is 2.63. The van der Waals surface area contributed by atoms with Crippen molar-refractivity contribution in [2.45, 2.75) is 296 Å². The normalized spacial score (nSPS) is 12.1. The van der Waals surface area contributed by atoms with Gasteiger partial charge in [0.2, 0.25) is 0 Å². The molecule has 16 aromatic heterocycles. The molecule has 0 aliphatic heterocycles. The van der Waals surface area contributed by atoms with E-state index < -0.39 is 0 Å². The van der Waals surface area contributed by atoms with Gasteiger partial charge < -0.3 is 0 Å². The first-order chi connectivity index (χ1) is 59.8. The minimum Gasteiger partial charge on any atom is -0.139 e. The molecule has 0 saturated heterocycles. The smallest absolute Gasteiger partial charge is 0.0528 e. The average Bonchev–Trinajstić information content (AvgIpc) is 1.60. The molecular formula is C109H128S16. The van der Waals surface area contributed by atoms with Crippen molar-refractivity contribution in [1.82, 2.24) is 0 Å². The molecule has 0 bridgehead atoms. The van der Waals surface area contributed by atoms with Gasteiger partial charge in [0, 0.05) is 159 Å². The topological polar surface area (TPSA) is 0 Å². The van der Waals surface area contributed by atoms with Gasteiger partial charge in [0.05, 0.1) is 19.5 Å². The van der Waals surface area contributed by atoms with Crippen molar-refractivity contribution in [2.75, 3.05) is 0 Å². The SMILES string of the molecule is C.CC(C)c1ccc(-c2ccc(-c3cc(-c4cc(-c5ccc(-c6ccc(C(C)C)s6)s5)sc4-c4ccc(-c5ccc(C(C)C)s5)s4)c(-c4ccc(-c5ccc(C(C)C)s5)s4)s3)s2)s1.CCCCCc1cc(-c2cc(-c3cc(-c4cc(CCCCC)c(C(C)C)s4)sc3-c3cc(CCCCC)c(C(C)C)s3)c(-c3cc(CCCCC)c(C(C)C)s3)s2)sc1C(C)C. The van der Waals surface area contributed by atoms with E-state index in [0.717, 1.165) is 0 Å². The zero-order chi connectivity index (χ0) is 87.3. The van der Waals surface area contributed by atoms with Crippen LogP contribution in [-0.2, 0) is 25.7 Å². The first-order valence-corrected chi connectivity index (χ1v) is 58.8. The Balaban J connectivity index is 0.000000202. The summed E-state index contributed by atoms with van der Waals surface area (Å²) in [7, 11) is 0. The Labute approximate surface area is 814 Å². The minimum absolute atomic E-state index is 0. The van der Waals surface area contributed by atoms with E-state index in [1.54, 1.807) is 41.8 Å². The summed E-state index contributed by atoms with van der Waals surface area (Å²) in [6.45, 7) is 46.9. The van der Waals surface area contributed by atoms with Crippen LogP contribution in [0.2, 0.25) is 0 Å². The maximum Gasteiger partial charge on any atom is 0.0528 e. The Morgan fingerprint density at radius 1 is 0.176 bits per heavy atom. The minimum atomic E-state index is 0. The molecule has 0 aliphatic rings. The van der Waals surface area contributed by atoms with Crippen molar-refractivity contribution < 1.29 is 0 Å². The summed E-state index contributed by atoms with van der Waals surface area (Å²) in [6.07, 6.45) is 20.2. The quantitative estimate of drug-likeness (QED) is 0.0338. The van der Waals surface area contributed by atoms with E-state index in [0.29, 0.717) is 47.3 Å². The lowest BCUT2D eigenvalue weighted by Crippen LogP contribution is -1.90. The van der Waals surface area contributed by atoms with Crippen LogP contribution in [0.15, 0.2) is 146 Å². The number of aryl methyl sites for hydroxylation is 4. The molecule has 0 atom stereocenters. The third kappa shape index (κ3) is 22.3. The standard InChI is InChI=1S/C56H78S6.C52H46S10.CH4/c1-13-17-21-25-39-29-45(57-51(39)35(5)6)47-33-43(55(59-47)49-31-41(27-23-19-15-3)53(61-49)37(9)10)44-34-48(46-30-40(26-22-18-14-2)52(58-46)36(7)8)60-56(44)50-32-42(28-24-20-16-4)54(62-50)38(11)12;1-27(2)33-9-13-37(53-33)41-17-19-45(57-41)49-25-31(51(61-49)47-23-21-43(59-47)39-15-11-35(55-39)29(5)6)32-26-50(46-20-18-42(58-46)38-14-10-34(54-38)28(3)4)62-52(32)48-24-22-44(60-48)40-16-12-36(56-40)30(7)8;/h29-38H,13-28H2,1-12H3;9-30H,1-8H3;1H4. The molecule has 0 saturated carbocycles. The molecule has 16 rings (SSSR count). The van der Waals surface area contributed by atoms with E-state index >= 15 is 0 Å². The summed E-state index contributed by atoms with van der Waals surface area (Å²) in [5.74, 6) is 4.29. The Bertz CT molecular complexity index is 5760. The van der Waals surface area contributed by atoms with Crippen LogP contribution < -0.4 is 0 Å². The number of thiophene rings is 16. The molecule has 0 nitrogen and oxygen atoms in total. The molecule has 16 heteroatoms. The summed E-state index contributed by atoms with van der Waals surface area (Å²) < 4.78 is 0. The number of hydrogen-bond acceptors (Lipinski definition) is 16. The molecule has 16 aromatic rings. The first kappa shape index (κ1) is 96.3. The summed E-state index contributed by atoms with van der Waals surface area (Å²) in [5.41, 5.74) is 11.9. The van der Waals surface area contributed by atoms with Gasteiger partial charge >= 0.3 is 0 Å². The van der Waals surface area contributed by atoms with Crippen molar-refractivity contribution in [3.63, 3.8) is 0 Å². The molecule has 0 radical (unpaired) electrons.